The minimum Gasteiger partial charge on any atom is -0.481 e. The first kappa shape index (κ1) is 12.9. The van der Waals surface area contributed by atoms with Crippen LogP contribution in [-0.2, 0) is 9.53 Å². The molecule has 4 heteroatoms. The molecule has 1 aliphatic heterocycles. The highest BCUT2D eigenvalue weighted by Crippen LogP contribution is 2.15. The summed E-state index contributed by atoms with van der Waals surface area (Å²) in [4.78, 5) is 13.9. The zero-order chi connectivity index (χ0) is 13.0. The van der Waals surface area contributed by atoms with Crippen LogP contribution < -0.4 is 4.74 Å². The van der Waals surface area contributed by atoms with Gasteiger partial charge >= 0.3 is 0 Å². The summed E-state index contributed by atoms with van der Waals surface area (Å²) >= 11 is 0. The summed E-state index contributed by atoms with van der Waals surface area (Å²) in [5.41, 5.74) is 1.12. The second-order valence-electron chi connectivity index (χ2n) is 4.51. The van der Waals surface area contributed by atoms with Gasteiger partial charge in [-0.15, -0.1) is 0 Å². The van der Waals surface area contributed by atoms with Crippen LogP contribution in [0.5, 0.6) is 5.75 Å². The van der Waals surface area contributed by atoms with E-state index in [4.69, 9.17) is 9.47 Å². The minimum absolute atomic E-state index is 0.0276. The molecule has 0 saturated carbocycles. The van der Waals surface area contributed by atoms with Crippen molar-refractivity contribution in [2.24, 2.45) is 0 Å². The highest BCUT2D eigenvalue weighted by molar-refractivity contribution is 5.81. The van der Waals surface area contributed by atoms with Crippen molar-refractivity contribution in [3.05, 3.63) is 29.8 Å². The third-order valence-electron chi connectivity index (χ3n) is 2.97. The minimum atomic E-state index is -0.454. The van der Waals surface area contributed by atoms with Crippen molar-refractivity contribution in [1.82, 2.24) is 4.90 Å². The molecule has 98 valence electrons. The first-order chi connectivity index (χ1) is 8.66. The van der Waals surface area contributed by atoms with E-state index in [1.165, 1.54) is 0 Å². The number of ether oxygens (including phenoxy) is 2. The normalized spacial score (nSPS) is 17.3. The van der Waals surface area contributed by atoms with Crippen molar-refractivity contribution in [3.63, 3.8) is 0 Å². The monoisotopic (exact) mass is 249 g/mol. The van der Waals surface area contributed by atoms with Gasteiger partial charge in [0.05, 0.1) is 13.2 Å². The molecule has 1 unspecified atom stereocenters. The van der Waals surface area contributed by atoms with Crippen molar-refractivity contribution in [2.45, 2.75) is 20.0 Å². The maximum absolute atomic E-state index is 12.1. The number of amides is 1. The average molecular weight is 249 g/mol. The third kappa shape index (κ3) is 3.23. The van der Waals surface area contributed by atoms with Crippen molar-refractivity contribution >= 4 is 5.91 Å². The van der Waals surface area contributed by atoms with Gasteiger partial charge in [-0.25, -0.2) is 0 Å². The third-order valence-corrected chi connectivity index (χ3v) is 2.97. The van der Waals surface area contributed by atoms with E-state index in [2.05, 4.69) is 0 Å². The van der Waals surface area contributed by atoms with Gasteiger partial charge in [-0.2, -0.15) is 0 Å². The quantitative estimate of drug-likeness (QED) is 0.817. The molecule has 0 radical (unpaired) electrons. The molecule has 0 bridgehead atoms. The Morgan fingerprint density at radius 1 is 1.39 bits per heavy atom. The summed E-state index contributed by atoms with van der Waals surface area (Å²) in [6.45, 7) is 6.33. The molecule has 4 nitrogen and oxygen atoms in total. The van der Waals surface area contributed by atoms with E-state index >= 15 is 0 Å². The molecule has 1 aromatic carbocycles. The molecule has 1 aliphatic rings. The Hall–Kier alpha value is -1.55. The van der Waals surface area contributed by atoms with Crippen molar-refractivity contribution in [2.75, 3.05) is 26.3 Å². The SMILES string of the molecule is Cc1cccc(OC(C)C(=O)N2CCOCC2)c1. The van der Waals surface area contributed by atoms with Gasteiger partial charge in [-0.1, -0.05) is 12.1 Å². The lowest BCUT2D eigenvalue weighted by Crippen LogP contribution is -2.46. The molecule has 1 heterocycles. The molecular formula is C14H19NO3. The Balaban J connectivity index is 1.94. The van der Waals surface area contributed by atoms with E-state index in [-0.39, 0.29) is 5.91 Å². The summed E-state index contributed by atoms with van der Waals surface area (Å²) in [5, 5.41) is 0. The van der Waals surface area contributed by atoms with Crippen LogP contribution >= 0.6 is 0 Å². The number of hydrogen-bond acceptors (Lipinski definition) is 3. The van der Waals surface area contributed by atoms with Crippen LogP contribution in [0.15, 0.2) is 24.3 Å². The van der Waals surface area contributed by atoms with Crippen LogP contribution in [0.4, 0.5) is 0 Å². The maximum Gasteiger partial charge on any atom is 0.263 e. The summed E-state index contributed by atoms with van der Waals surface area (Å²) in [6, 6.07) is 7.73. The lowest BCUT2D eigenvalue weighted by molar-refractivity contribution is -0.142. The Labute approximate surface area is 107 Å². The Morgan fingerprint density at radius 2 is 2.11 bits per heavy atom. The van der Waals surface area contributed by atoms with Gasteiger partial charge < -0.3 is 14.4 Å². The molecule has 1 fully saturated rings. The molecule has 0 spiro atoms. The number of aryl methyl sites for hydroxylation is 1. The van der Waals surface area contributed by atoms with E-state index in [0.717, 1.165) is 11.3 Å². The summed E-state index contributed by atoms with van der Waals surface area (Å²) in [5.74, 6) is 0.768. The maximum atomic E-state index is 12.1. The molecule has 1 amide bonds. The average Bonchev–Trinajstić information content (AvgIpc) is 2.39. The van der Waals surface area contributed by atoms with E-state index < -0.39 is 6.10 Å². The topological polar surface area (TPSA) is 38.8 Å². The summed E-state index contributed by atoms with van der Waals surface area (Å²) in [6.07, 6.45) is -0.454. The zero-order valence-corrected chi connectivity index (χ0v) is 10.9. The van der Waals surface area contributed by atoms with E-state index in [0.29, 0.717) is 26.3 Å². The number of carbonyl (C=O) groups excluding carboxylic acids is 1. The van der Waals surface area contributed by atoms with Gasteiger partial charge in [0.1, 0.15) is 5.75 Å². The fourth-order valence-corrected chi connectivity index (χ4v) is 1.98. The van der Waals surface area contributed by atoms with Gasteiger partial charge in [0.15, 0.2) is 6.10 Å². The van der Waals surface area contributed by atoms with Crippen LogP contribution in [0.3, 0.4) is 0 Å². The molecule has 0 aromatic heterocycles. The molecule has 2 rings (SSSR count). The zero-order valence-electron chi connectivity index (χ0n) is 10.9. The Kier molecular flexibility index (Phi) is 4.20. The molecule has 18 heavy (non-hydrogen) atoms. The molecule has 0 aliphatic carbocycles. The Bertz CT molecular complexity index is 413. The number of hydrogen-bond donors (Lipinski definition) is 0. The molecule has 1 aromatic rings. The van der Waals surface area contributed by atoms with Gasteiger partial charge in [0, 0.05) is 13.1 Å². The lowest BCUT2D eigenvalue weighted by Gasteiger charge is -2.29. The van der Waals surface area contributed by atoms with E-state index in [9.17, 15) is 4.79 Å². The second-order valence-corrected chi connectivity index (χ2v) is 4.51. The standard InChI is InChI=1S/C14H19NO3/c1-11-4-3-5-13(10-11)18-12(2)14(16)15-6-8-17-9-7-15/h3-5,10,12H,6-9H2,1-2H3. The number of nitrogens with zero attached hydrogens (tertiary/aromatic N) is 1. The van der Waals surface area contributed by atoms with Gasteiger partial charge in [0.2, 0.25) is 0 Å². The first-order valence-electron chi connectivity index (χ1n) is 6.26. The van der Waals surface area contributed by atoms with Crippen LogP contribution in [0.2, 0.25) is 0 Å². The van der Waals surface area contributed by atoms with Crippen LogP contribution in [-0.4, -0.2) is 43.2 Å². The highest BCUT2D eigenvalue weighted by atomic mass is 16.5. The largest absolute Gasteiger partial charge is 0.481 e. The van der Waals surface area contributed by atoms with Crippen LogP contribution in [0, 0.1) is 6.92 Å². The molecular weight excluding hydrogens is 230 g/mol. The number of benzene rings is 1. The Morgan fingerprint density at radius 3 is 2.78 bits per heavy atom. The summed E-state index contributed by atoms with van der Waals surface area (Å²) in [7, 11) is 0. The predicted molar refractivity (Wildman–Crippen MR) is 68.7 cm³/mol. The number of carbonyl (C=O) groups is 1. The molecule has 1 saturated heterocycles. The fourth-order valence-electron chi connectivity index (χ4n) is 1.98. The molecule has 1 atom stereocenters. The van der Waals surface area contributed by atoms with Gasteiger partial charge in [0.25, 0.3) is 5.91 Å². The van der Waals surface area contributed by atoms with Gasteiger partial charge in [-0.05, 0) is 31.5 Å². The highest BCUT2D eigenvalue weighted by Gasteiger charge is 2.23. The smallest absolute Gasteiger partial charge is 0.263 e. The number of morpholine rings is 1. The second kappa shape index (κ2) is 5.87. The van der Waals surface area contributed by atoms with Gasteiger partial charge in [-0.3, -0.25) is 4.79 Å². The fraction of sp³-hybridized carbons (Fsp3) is 0.500. The van der Waals surface area contributed by atoms with E-state index in [1.807, 2.05) is 31.2 Å². The van der Waals surface area contributed by atoms with Crippen molar-refractivity contribution < 1.29 is 14.3 Å². The summed E-state index contributed by atoms with van der Waals surface area (Å²) < 4.78 is 10.9. The van der Waals surface area contributed by atoms with E-state index in [1.54, 1.807) is 11.8 Å². The van der Waals surface area contributed by atoms with Crippen molar-refractivity contribution in [1.29, 1.82) is 0 Å². The van der Waals surface area contributed by atoms with Crippen LogP contribution in [0.1, 0.15) is 12.5 Å². The predicted octanol–water partition coefficient (Wildman–Crippen LogP) is 1.62. The van der Waals surface area contributed by atoms with Crippen LogP contribution in [0.25, 0.3) is 0 Å². The van der Waals surface area contributed by atoms with Crippen molar-refractivity contribution in [3.8, 4) is 5.75 Å². The molecule has 0 N–H and O–H groups in total. The first-order valence-corrected chi connectivity index (χ1v) is 6.26. The number of rotatable bonds is 3. The lowest BCUT2D eigenvalue weighted by atomic mass is 10.2.